The highest BCUT2D eigenvalue weighted by Crippen LogP contribution is 2.83. The van der Waals surface area contributed by atoms with Crippen LogP contribution in [0.1, 0.15) is 52.4 Å². The molecule has 138 valence electrons. The molecule has 1 saturated heterocycles. The van der Waals surface area contributed by atoms with E-state index in [0.717, 1.165) is 30.9 Å². The van der Waals surface area contributed by atoms with Crippen molar-refractivity contribution in [3.05, 3.63) is 12.2 Å². The lowest BCUT2D eigenvalue weighted by atomic mass is 9.39. The Morgan fingerprint density at radius 3 is 2.76 bits per heavy atom. The number of rotatable bonds is 1. The van der Waals surface area contributed by atoms with Crippen molar-refractivity contribution in [2.45, 2.75) is 70.6 Å². The summed E-state index contributed by atoms with van der Waals surface area (Å²) in [6.45, 7) is 11.5. The number of hydrogen-bond donors (Lipinski definition) is 2. The van der Waals surface area contributed by atoms with Crippen molar-refractivity contribution in [2.24, 2.45) is 39.9 Å². The minimum absolute atomic E-state index is 0.0809. The van der Waals surface area contributed by atoms with E-state index in [-0.39, 0.29) is 29.0 Å². The number of aliphatic hydroxyl groups excluding tert-OH is 2. The Kier molecular flexibility index (Phi) is 2.73. The number of aliphatic hydroxyl groups is 2. The van der Waals surface area contributed by atoms with Crippen LogP contribution in [0.5, 0.6) is 0 Å². The first kappa shape index (κ1) is 15.7. The maximum Gasteiger partial charge on any atom is 0.0814 e. The van der Waals surface area contributed by atoms with Crippen molar-refractivity contribution in [2.75, 3.05) is 13.1 Å². The Labute approximate surface area is 151 Å². The smallest absolute Gasteiger partial charge is 0.0814 e. The molecule has 1 aliphatic heterocycles. The zero-order valence-corrected chi connectivity index (χ0v) is 15.7. The molecule has 6 unspecified atom stereocenters. The van der Waals surface area contributed by atoms with E-state index in [0.29, 0.717) is 23.3 Å². The molecule has 25 heavy (non-hydrogen) atoms. The third-order valence-electron chi connectivity index (χ3n) is 10.5. The van der Waals surface area contributed by atoms with Gasteiger partial charge in [-0.2, -0.15) is 0 Å². The summed E-state index contributed by atoms with van der Waals surface area (Å²) in [6.07, 6.45) is 6.75. The Balaban J connectivity index is 1.60. The second-order valence-electron chi connectivity index (χ2n) is 10.7. The lowest BCUT2D eigenvalue weighted by Gasteiger charge is -2.68. The molecule has 2 spiro atoms. The van der Waals surface area contributed by atoms with E-state index in [1.807, 2.05) is 0 Å². The number of hydrogen-bond acceptors (Lipinski definition) is 3. The summed E-state index contributed by atoms with van der Waals surface area (Å²) >= 11 is 0. The molecule has 7 rings (SSSR count). The lowest BCUT2D eigenvalue weighted by Crippen LogP contribution is -2.69. The summed E-state index contributed by atoms with van der Waals surface area (Å²) in [6, 6.07) is 0.592. The third-order valence-corrected chi connectivity index (χ3v) is 10.5. The molecule has 0 aromatic carbocycles. The summed E-state index contributed by atoms with van der Waals surface area (Å²) in [5.41, 5.74) is 1.54. The molecule has 3 nitrogen and oxygen atoms in total. The quantitative estimate of drug-likeness (QED) is 0.720. The van der Waals surface area contributed by atoms with Crippen LogP contribution in [-0.4, -0.2) is 46.5 Å². The summed E-state index contributed by atoms with van der Waals surface area (Å²) in [5.74, 6) is 1.77. The van der Waals surface area contributed by atoms with Gasteiger partial charge in [-0.15, -0.1) is 0 Å². The van der Waals surface area contributed by atoms with E-state index in [1.54, 1.807) is 0 Å². The van der Waals surface area contributed by atoms with Crippen LogP contribution in [0.15, 0.2) is 12.2 Å². The zero-order valence-electron chi connectivity index (χ0n) is 15.7. The molecule has 3 heteroatoms. The summed E-state index contributed by atoms with van der Waals surface area (Å²) in [7, 11) is 0. The van der Waals surface area contributed by atoms with Crippen molar-refractivity contribution in [1.29, 1.82) is 0 Å². The lowest BCUT2D eigenvalue weighted by molar-refractivity contribution is -0.227. The van der Waals surface area contributed by atoms with E-state index < -0.39 is 0 Å². The van der Waals surface area contributed by atoms with Gasteiger partial charge in [0.05, 0.1) is 12.2 Å². The highest BCUT2D eigenvalue weighted by Gasteiger charge is 2.84. The highest BCUT2D eigenvalue weighted by atomic mass is 16.3. The molecule has 7 bridgehead atoms. The van der Waals surface area contributed by atoms with Gasteiger partial charge in [0.2, 0.25) is 0 Å². The first-order valence-corrected chi connectivity index (χ1v) is 10.7. The average molecular weight is 344 g/mol. The molecular weight excluding hydrogens is 310 g/mol. The van der Waals surface area contributed by atoms with E-state index >= 15 is 0 Å². The summed E-state index contributed by atoms with van der Waals surface area (Å²) in [5, 5.41) is 22.9. The third kappa shape index (κ3) is 1.34. The van der Waals surface area contributed by atoms with Gasteiger partial charge < -0.3 is 10.2 Å². The minimum atomic E-state index is -0.377. The van der Waals surface area contributed by atoms with Gasteiger partial charge in [-0.05, 0) is 66.9 Å². The van der Waals surface area contributed by atoms with Gasteiger partial charge >= 0.3 is 0 Å². The van der Waals surface area contributed by atoms with Gasteiger partial charge in [-0.25, -0.2) is 0 Å². The molecule has 10 atom stereocenters. The van der Waals surface area contributed by atoms with Crippen LogP contribution in [0.4, 0.5) is 0 Å². The van der Waals surface area contributed by atoms with Crippen molar-refractivity contribution < 1.29 is 10.2 Å². The fraction of sp³-hybridized carbons (Fsp3) is 0.909. The maximum absolute atomic E-state index is 11.5. The largest absolute Gasteiger partial charge is 0.392 e. The monoisotopic (exact) mass is 343 g/mol. The molecular formula is C22H33NO2. The highest BCUT2D eigenvalue weighted by molar-refractivity contribution is 5.38. The van der Waals surface area contributed by atoms with Crippen molar-refractivity contribution in [3.8, 4) is 0 Å². The second kappa shape index (κ2) is 4.36. The minimum Gasteiger partial charge on any atom is -0.392 e. The SMILES string of the molecule is C=C1C2CCC3(C1O)C1C[C@@H]4C5(C)CCC[C@@]4(C1N(CC)C5)[C@@H]3[C@H]2O. The second-order valence-corrected chi connectivity index (χ2v) is 10.7. The van der Waals surface area contributed by atoms with Crippen molar-refractivity contribution in [3.63, 3.8) is 0 Å². The van der Waals surface area contributed by atoms with Gasteiger partial charge in [0.1, 0.15) is 0 Å². The molecule has 6 saturated carbocycles. The number of piperidine rings is 1. The van der Waals surface area contributed by atoms with Crippen molar-refractivity contribution >= 4 is 0 Å². The van der Waals surface area contributed by atoms with Crippen LogP contribution in [-0.2, 0) is 0 Å². The number of likely N-dealkylation sites (tertiary alicyclic amines) is 1. The number of nitrogens with zero attached hydrogens (tertiary/aromatic N) is 1. The molecule has 7 aliphatic rings. The first-order chi connectivity index (χ1) is 11.9. The fourth-order valence-electron chi connectivity index (χ4n) is 10.1. The fourth-order valence-corrected chi connectivity index (χ4v) is 10.1. The molecule has 0 aromatic heterocycles. The van der Waals surface area contributed by atoms with E-state index in [9.17, 15) is 10.2 Å². The van der Waals surface area contributed by atoms with Crippen LogP contribution < -0.4 is 0 Å². The molecule has 0 amide bonds. The predicted octanol–water partition coefficient (Wildman–Crippen LogP) is 2.82. The Morgan fingerprint density at radius 2 is 2.00 bits per heavy atom. The normalized spacial score (nSPS) is 64.6. The maximum atomic E-state index is 11.5. The standard InChI is InChI=1S/C22H33NO2/c1-4-23-11-20(3)7-5-8-22-15(20)10-14(18(22)23)21-9-6-13(12(2)19(21)25)16(24)17(21)22/h13-19,24-25H,2,4-11H2,1,3H3/t13?,14?,15-,16+,17-,18?,19?,20?,21?,22+/m1/s1. The van der Waals surface area contributed by atoms with Crippen LogP contribution >= 0.6 is 0 Å². The Hall–Kier alpha value is -0.380. The summed E-state index contributed by atoms with van der Waals surface area (Å²) in [4.78, 5) is 2.77. The van der Waals surface area contributed by atoms with Gasteiger partial charge in [-0.3, -0.25) is 4.90 Å². The predicted molar refractivity (Wildman–Crippen MR) is 96.8 cm³/mol. The van der Waals surface area contributed by atoms with Gasteiger partial charge in [0.15, 0.2) is 0 Å². The van der Waals surface area contributed by atoms with E-state index in [4.69, 9.17) is 0 Å². The molecule has 1 heterocycles. The Morgan fingerprint density at radius 1 is 1.20 bits per heavy atom. The van der Waals surface area contributed by atoms with Crippen LogP contribution in [0, 0.1) is 39.9 Å². The molecule has 6 aliphatic carbocycles. The van der Waals surface area contributed by atoms with Gasteiger partial charge in [0.25, 0.3) is 0 Å². The molecule has 0 radical (unpaired) electrons. The average Bonchev–Trinajstić information content (AvgIpc) is 2.99. The first-order valence-electron chi connectivity index (χ1n) is 10.7. The molecule has 0 aromatic rings. The van der Waals surface area contributed by atoms with Crippen molar-refractivity contribution in [1.82, 2.24) is 4.90 Å². The van der Waals surface area contributed by atoms with Gasteiger partial charge in [-0.1, -0.05) is 26.8 Å². The van der Waals surface area contributed by atoms with E-state index in [1.165, 1.54) is 32.2 Å². The molecule has 2 N–H and O–H groups in total. The molecule has 7 fully saturated rings. The summed E-state index contributed by atoms with van der Waals surface area (Å²) < 4.78 is 0. The van der Waals surface area contributed by atoms with Crippen LogP contribution in [0.3, 0.4) is 0 Å². The van der Waals surface area contributed by atoms with Gasteiger partial charge in [0, 0.05) is 29.8 Å². The zero-order chi connectivity index (χ0) is 17.4. The Bertz CT molecular complexity index is 662. The number of fused-ring (bicyclic) bond motifs is 2. The van der Waals surface area contributed by atoms with E-state index in [2.05, 4.69) is 25.3 Å². The van der Waals surface area contributed by atoms with Crippen LogP contribution in [0.2, 0.25) is 0 Å². The topological polar surface area (TPSA) is 43.7 Å². The van der Waals surface area contributed by atoms with Crippen LogP contribution in [0.25, 0.3) is 0 Å².